The van der Waals surface area contributed by atoms with Crippen LogP contribution in [-0.4, -0.2) is 63.4 Å². The highest BCUT2D eigenvalue weighted by atomic mass is 16.6. The number of nitrogens with one attached hydrogen (secondary N) is 2. The Hall–Kier alpha value is -1.79. The van der Waals surface area contributed by atoms with E-state index in [2.05, 4.69) is 46.7 Å². The molecule has 0 spiro atoms. The van der Waals surface area contributed by atoms with Gasteiger partial charge in [0, 0.05) is 30.5 Å². The second kappa shape index (κ2) is 7.85. The summed E-state index contributed by atoms with van der Waals surface area (Å²) < 4.78 is 5.46. The first-order chi connectivity index (χ1) is 11.6. The van der Waals surface area contributed by atoms with Crippen LogP contribution >= 0.6 is 0 Å². The van der Waals surface area contributed by atoms with Gasteiger partial charge in [-0.2, -0.15) is 0 Å². The molecule has 0 radical (unpaired) electrons. The van der Waals surface area contributed by atoms with E-state index < -0.39 is 0 Å². The van der Waals surface area contributed by atoms with Crippen molar-refractivity contribution in [1.29, 1.82) is 0 Å². The summed E-state index contributed by atoms with van der Waals surface area (Å²) in [7, 11) is 4.27. The number of ether oxygens (including phenoxy) is 1. The molecule has 132 valence electrons. The third-order valence-electron chi connectivity index (χ3n) is 4.93. The van der Waals surface area contributed by atoms with Crippen molar-refractivity contribution in [2.75, 3.05) is 50.5 Å². The van der Waals surface area contributed by atoms with Crippen LogP contribution in [0.4, 0.5) is 16.2 Å². The van der Waals surface area contributed by atoms with Gasteiger partial charge in [-0.1, -0.05) is 0 Å². The lowest BCUT2D eigenvalue weighted by Gasteiger charge is -2.23. The molecule has 2 saturated heterocycles. The van der Waals surface area contributed by atoms with Gasteiger partial charge in [-0.3, -0.25) is 5.32 Å². The van der Waals surface area contributed by atoms with Crippen LogP contribution in [-0.2, 0) is 4.74 Å². The lowest BCUT2D eigenvalue weighted by Crippen LogP contribution is -2.34. The van der Waals surface area contributed by atoms with Crippen LogP contribution in [0.5, 0.6) is 0 Å². The zero-order chi connectivity index (χ0) is 16.9. The van der Waals surface area contributed by atoms with Crippen LogP contribution in [0.15, 0.2) is 24.3 Å². The van der Waals surface area contributed by atoms with Crippen molar-refractivity contribution in [2.24, 2.45) is 0 Å². The van der Waals surface area contributed by atoms with Gasteiger partial charge in [0.25, 0.3) is 0 Å². The molecule has 2 fully saturated rings. The Labute approximate surface area is 144 Å². The van der Waals surface area contributed by atoms with Gasteiger partial charge in [0.2, 0.25) is 0 Å². The molecular formula is C18H28N4O2. The first-order valence-electron chi connectivity index (χ1n) is 8.81. The maximum Gasteiger partial charge on any atom is 0.411 e. The number of nitrogens with zero attached hydrogens (tertiary/aromatic N) is 2. The van der Waals surface area contributed by atoms with Crippen LogP contribution in [0.1, 0.15) is 19.3 Å². The number of amides is 1. The highest BCUT2D eigenvalue weighted by molar-refractivity contribution is 5.85. The smallest absolute Gasteiger partial charge is 0.411 e. The van der Waals surface area contributed by atoms with Crippen molar-refractivity contribution >= 4 is 17.5 Å². The highest BCUT2D eigenvalue weighted by Crippen LogP contribution is 2.24. The van der Waals surface area contributed by atoms with Gasteiger partial charge >= 0.3 is 6.09 Å². The van der Waals surface area contributed by atoms with E-state index in [1.54, 1.807) is 0 Å². The molecule has 0 aliphatic carbocycles. The summed E-state index contributed by atoms with van der Waals surface area (Å²) in [6.07, 6.45) is 2.62. The Kier molecular flexibility index (Phi) is 5.58. The summed E-state index contributed by atoms with van der Waals surface area (Å²) in [5.41, 5.74) is 1.98. The molecule has 0 bridgehead atoms. The first kappa shape index (κ1) is 17.0. The van der Waals surface area contributed by atoms with Crippen LogP contribution in [0, 0.1) is 0 Å². The molecule has 2 heterocycles. The number of carbonyl (C=O) groups excluding carboxylic acids is 1. The second-order valence-corrected chi connectivity index (χ2v) is 6.88. The summed E-state index contributed by atoms with van der Waals surface area (Å²) in [6, 6.07) is 8.64. The summed E-state index contributed by atoms with van der Waals surface area (Å²) in [5.74, 6) is 0. The largest absolute Gasteiger partial charge is 0.446 e. The monoisotopic (exact) mass is 332 g/mol. The molecule has 2 aliphatic heterocycles. The molecule has 2 aliphatic rings. The van der Waals surface area contributed by atoms with Crippen LogP contribution in [0.25, 0.3) is 0 Å². The van der Waals surface area contributed by atoms with Crippen molar-refractivity contribution in [3.8, 4) is 0 Å². The van der Waals surface area contributed by atoms with E-state index in [1.165, 1.54) is 12.1 Å². The van der Waals surface area contributed by atoms with Crippen molar-refractivity contribution in [3.05, 3.63) is 24.3 Å². The van der Waals surface area contributed by atoms with Gasteiger partial charge < -0.3 is 19.9 Å². The quantitative estimate of drug-likeness (QED) is 0.885. The summed E-state index contributed by atoms with van der Waals surface area (Å²) in [4.78, 5) is 16.6. The molecule has 24 heavy (non-hydrogen) atoms. The third-order valence-corrected chi connectivity index (χ3v) is 4.93. The van der Waals surface area contributed by atoms with E-state index in [9.17, 15) is 4.79 Å². The zero-order valence-corrected chi connectivity index (χ0v) is 14.6. The second-order valence-electron chi connectivity index (χ2n) is 6.88. The molecule has 1 amide bonds. The Bertz CT molecular complexity index is 540. The number of carbonyl (C=O) groups is 1. The standard InChI is InChI=1S/C18H28N4O2/c1-21(2)16-9-12-22(13-16)15-5-3-14(4-6-15)20-18(23)24-17-7-10-19-11-8-17/h3-6,16-17,19H,7-13H2,1-2H3,(H,20,23). The lowest BCUT2D eigenvalue weighted by molar-refractivity contribution is 0.0909. The molecule has 2 N–H and O–H groups in total. The molecule has 1 atom stereocenters. The molecule has 0 aromatic heterocycles. The highest BCUT2D eigenvalue weighted by Gasteiger charge is 2.24. The Morgan fingerprint density at radius 1 is 1.21 bits per heavy atom. The lowest BCUT2D eigenvalue weighted by atomic mass is 10.1. The van der Waals surface area contributed by atoms with Crippen LogP contribution in [0.2, 0.25) is 0 Å². The number of hydrogen-bond donors (Lipinski definition) is 2. The van der Waals surface area contributed by atoms with E-state index >= 15 is 0 Å². The molecule has 3 rings (SSSR count). The van der Waals surface area contributed by atoms with E-state index in [1.807, 2.05) is 12.1 Å². The predicted molar refractivity (Wildman–Crippen MR) is 96.7 cm³/mol. The van der Waals surface area contributed by atoms with Crippen molar-refractivity contribution in [1.82, 2.24) is 10.2 Å². The van der Waals surface area contributed by atoms with E-state index in [4.69, 9.17) is 4.74 Å². The molecule has 0 saturated carbocycles. The Morgan fingerprint density at radius 3 is 2.54 bits per heavy atom. The molecule has 1 aromatic carbocycles. The minimum absolute atomic E-state index is 0.0260. The fourth-order valence-corrected chi connectivity index (χ4v) is 3.37. The average Bonchev–Trinajstić information content (AvgIpc) is 3.07. The SMILES string of the molecule is CN(C)C1CCN(c2ccc(NC(=O)OC3CCNCC3)cc2)C1. The fourth-order valence-electron chi connectivity index (χ4n) is 3.37. The maximum absolute atomic E-state index is 12.0. The van der Waals surface area contributed by atoms with Gasteiger partial charge in [0.15, 0.2) is 0 Å². The summed E-state index contributed by atoms with van der Waals surface area (Å²) in [5, 5.41) is 6.09. The maximum atomic E-state index is 12.0. The first-order valence-corrected chi connectivity index (χ1v) is 8.81. The van der Waals surface area contributed by atoms with E-state index in [0.29, 0.717) is 6.04 Å². The average molecular weight is 332 g/mol. The normalized spacial score (nSPS) is 22.0. The number of rotatable bonds is 4. The number of hydrogen-bond acceptors (Lipinski definition) is 5. The van der Waals surface area contributed by atoms with Gasteiger partial charge in [-0.15, -0.1) is 0 Å². The van der Waals surface area contributed by atoms with Crippen LogP contribution in [0.3, 0.4) is 0 Å². The van der Waals surface area contributed by atoms with Gasteiger partial charge in [-0.25, -0.2) is 4.79 Å². The summed E-state index contributed by atoms with van der Waals surface area (Å²) in [6.45, 7) is 3.96. The molecule has 1 aromatic rings. The topological polar surface area (TPSA) is 56.8 Å². The summed E-state index contributed by atoms with van der Waals surface area (Å²) >= 11 is 0. The van der Waals surface area contributed by atoms with Gasteiger partial charge in [0.05, 0.1) is 0 Å². The van der Waals surface area contributed by atoms with Crippen molar-refractivity contribution < 1.29 is 9.53 Å². The van der Waals surface area contributed by atoms with Gasteiger partial charge in [0.1, 0.15) is 6.10 Å². The van der Waals surface area contributed by atoms with Crippen molar-refractivity contribution in [2.45, 2.75) is 31.4 Å². The molecule has 6 nitrogen and oxygen atoms in total. The molecule has 1 unspecified atom stereocenters. The van der Waals surface area contributed by atoms with Crippen molar-refractivity contribution in [3.63, 3.8) is 0 Å². The number of benzene rings is 1. The number of likely N-dealkylation sites (N-methyl/N-ethyl adjacent to an activating group) is 1. The Morgan fingerprint density at radius 2 is 1.92 bits per heavy atom. The molecule has 6 heteroatoms. The predicted octanol–water partition coefficient (Wildman–Crippen LogP) is 2.13. The number of anilines is 2. The molecular weight excluding hydrogens is 304 g/mol. The number of piperidine rings is 1. The fraction of sp³-hybridized carbons (Fsp3) is 0.611. The zero-order valence-electron chi connectivity index (χ0n) is 14.6. The van der Waals surface area contributed by atoms with E-state index in [0.717, 1.165) is 44.7 Å². The minimum atomic E-state index is -0.358. The Balaban J connectivity index is 1.50. The van der Waals surface area contributed by atoms with E-state index in [-0.39, 0.29) is 12.2 Å². The third kappa shape index (κ3) is 4.39. The van der Waals surface area contributed by atoms with Crippen LogP contribution < -0.4 is 15.5 Å². The minimum Gasteiger partial charge on any atom is -0.446 e. The van der Waals surface area contributed by atoms with Gasteiger partial charge in [-0.05, 0) is 70.7 Å².